The lowest BCUT2D eigenvalue weighted by Crippen LogP contribution is -2.48. The average molecular weight is 342 g/mol. The molecule has 1 unspecified atom stereocenters. The zero-order valence-electron chi connectivity index (χ0n) is 12.6. The third-order valence-electron chi connectivity index (χ3n) is 3.43. The molecular weight excluding hydrogens is 324 g/mol. The number of benzene rings is 1. The van der Waals surface area contributed by atoms with Gasteiger partial charge in [0.05, 0.1) is 30.2 Å². The summed E-state index contributed by atoms with van der Waals surface area (Å²) in [7, 11) is -3.52. The van der Waals surface area contributed by atoms with Crippen molar-refractivity contribution in [2.75, 3.05) is 30.2 Å². The Bertz CT molecular complexity index is 703. The predicted molar refractivity (Wildman–Crippen MR) is 82.8 cm³/mol. The summed E-state index contributed by atoms with van der Waals surface area (Å²) >= 11 is 0. The van der Waals surface area contributed by atoms with Crippen LogP contribution in [0.3, 0.4) is 0 Å². The molecule has 1 amide bonds. The van der Waals surface area contributed by atoms with Crippen LogP contribution in [-0.4, -0.2) is 61.9 Å². The zero-order valence-corrected chi connectivity index (χ0v) is 13.4. The smallest absolute Gasteiger partial charge is 0.334 e. The summed E-state index contributed by atoms with van der Waals surface area (Å²) in [5.74, 6) is -1.69. The van der Waals surface area contributed by atoms with Crippen LogP contribution in [0.1, 0.15) is 17.3 Å². The number of anilines is 1. The van der Waals surface area contributed by atoms with E-state index >= 15 is 0 Å². The van der Waals surface area contributed by atoms with E-state index in [0.29, 0.717) is 0 Å². The maximum Gasteiger partial charge on any atom is 0.334 e. The number of para-hydroxylation sites is 1. The first-order chi connectivity index (χ1) is 10.8. The van der Waals surface area contributed by atoms with E-state index in [2.05, 4.69) is 4.72 Å². The number of nitrogens with one attached hydrogen (secondary N) is 1. The van der Waals surface area contributed by atoms with Crippen LogP contribution in [0.5, 0.6) is 0 Å². The average Bonchev–Trinajstić information content (AvgIpc) is 2.54. The number of rotatable bonds is 5. The van der Waals surface area contributed by atoms with Crippen molar-refractivity contribution < 1.29 is 27.9 Å². The Morgan fingerprint density at radius 2 is 2.09 bits per heavy atom. The molecule has 23 heavy (non-hydrogen) atoms. The van der Waals surface area contributed by atoms with Gasteiger partial charge in [0.2, 0.25) is 10.0 Å². The molecule has 126 valence electrons. The Morgan fingerprint density at radius 3 is 2.74 bits per heavy atom. The van der Waals surface area contributed by atoms with E-state index in [4.69, 9.17) is 9.84 Å². The molecule has 2 N–H and O–H groups in total. The summed E-state index contributed by atoms with van der Waals surface area (Å²) < 4.78 is 30.9. The highest BCUT2D eigenvalue weighted by atomic mass is 32.2. The number of carbonyl (C=O) groups excluding carboxylic acids is 1. The molecule has 8 nitrogen and oxygen atoms in total. The fourth-order valence-corrected chi connectivity index (χ4v) is 2.81. The van der Waals surface area contributed by atoms with Crippen molar-refractivity contribution in [1.82, 2.24) is 4.90 Å². The minimum absolute atomic E-state index is 0.0803. The predicted octanol–water partition coefficient (Wildman–Crippen LogP) is 0.374. The number of sulfonamides is 1. The Kier molecular flexibility index (Phi) is 5.22. The second kappa shape index (κ2) is 6.97. The number of nitrogens with zero attached hydrogens (tertiary/aromatic N) is 1. The Labute approximate surface area is 134 Å². The topological polar surface area (TPSA) is 113 Å². The van der Waals surface area contributed by atoms with Crippen molar-refractivity contribution in [2.45, 2.75) is 13.0 Å². The number of hydrogen-bond acceptors (Lipinski definition) is 5. The van der Waals surface area contributed by atoms with Gasteiger partial charge in [-0.2, -0.15) is 0 Å². The Morgan fingerprint density at radius 1 is 1.39 bits per heavy atom. The van der Waals surface area contributed by atoms with Crippen molar-refractivity contribution in [1.29, 1.82) is 0 Å². The molecule has 1 atom stereocenters. The van der Waals surface area contributed by atoms with Gasteiger partial charge in [0, 0.05) is 6.54 Å². The fraction of sp³-hybridized carbons (Fsp3) is 0.429. The van der Waals surface area contributed by atoms with Crippen molar-refractivity contribution >= 4 is 27.6 Å². The highest BCUT2D eigenvalue weighted by Gasteiger charge is 2.30. The molecule has 0 bridgehead atoms. The van der Waals surface area contributed by atoms with Gasteiger partial charge in [0.1, 0.15) is 0 Å². The van der Waals surface area contributed by atoms with E-state index in [0.717, 1.165) is 0 Å². The van der Waals surface area contributed by atoms with E-state index in [1.54, 1.807) is 12.1 Å². The van der Waals surface area contributed by atoms with Crippen LogP contribution in [0, 0.1) is 0 Å². The molecule has 0 saturated carbocycles. The summed E-state index contributed by atoms with van der Waals surface area (Å²) in [5, 5.41) is 8.99. The van der Waals surface area contributed by atoms with Crippen LogP contribution < -0.4 is 4.72 Å². The van der Waals surface area contributed by atoms with Crippen LogP contribution >= 0.6 is 0 Å². The van der Waals surface area contributed by atoms with Gasteiger partial charge >= 0.3 is 5.97 Å². The summed E-state index contributed by atoms with van der Waals surface area (Å²) in [6.45, 7) is 1.78. The first-order valence-electron chi connectivity index (χ1n) is 7.07. The van der Waals surface area contributed by atoms with Crippen LogP contribution in [0.15, 0.2) is 24.3 Å². The minimum atomic E-state index is -3.52. The molecule has 1 saturated heterocycles. The molecule has 0 spiro atoms. The summed E-state index contributed by atoms with van der Waals surface area (Å²) in [5.41, 5.74) is 0.355. The third-order valence-corrected chi connectivity index (χ3v) is 4.72. The number of carbonyl (C=O) groups is 2. The zero-order chi connectivity index (χ0) is 17.0. The van der Waals surface area contributed by atoms with Crippen molar-refractivity contribution in [3.8, 4) is 0 Å². The Balaban J connectivity index is 2.24. The summed E-state index contributed by atoms with van der Waals surface area (Å²) in [4.78, 5) is 25.0. The molecule has 1 aliphatic rings. The molecule has 0 aromatic heterocycles. The quantitative estimate of drug-likeness (QED) is 0.799. The van der Waals surface area contributed by atoms with Gasteiger partial charge in [-0.15, -0.1) is 0 Å². The molecule has 1 heterocycles. The van der Waals surface area contributed by atoms with Gasteiger partial charge in [-0.05, 0) is 19.1 Å². The van der Waals surface area contributed by atoms with Crippen LogP contribution in [0.2, 0.25) is 0 Å². The summed E-state index contributed by atoms with van der Waals surface area (Å²) in [6, 6.07) is 6.23. The van der Waals surface area contributed by atoms with E-state index in [1.807, 2.05) is 0 Å². The lowest BCUT2D eigenvalue weighted by molar-refractivity contribution is -0.154. The second-order valence-electron chi connectivity index (χ2n) is 5.00. The maximum absolute atomic E-state index is 12.6. The normalized spacial score (nSPS) is 18.5. The SMILES string of the molecule is CCS(=O)(=O)Nc1ccccc1C(=O)N1CCOC(C(=O)O)C1. The molecule has 2 rings (SSSR count). The first kappa shape index (κ1) is 17.2. The molecule has 1 fully saturated rings. The Hall–Kier alpha value is -2.13. The lowest BCUT2D eigenvalue weighted by Gasteiger charge is -2.31. The number of amides is 1. The largest absolute Gasteiger partial charge is 0.479 e. The fourth-order valence-electron chi connectivity index (χ4n) is 2.15. The molecule has 1 aromatic carbocycles. The number of morpholine rings is 1. The number of hydrogen-bond donors (Lipinski definition) is 2. The third kappa shape index (κ3) is 4.20. The van der Waals surface area contributed by atoms with Crippen LogP contribution in [0.4, 0.5) is 5.69 Å². The molecular formula is C14H18N2O6S. The minimum Gasteiger partial charge on any atom is -0.479 e. The van der Waals surface area contributed by atoms with Crippen molar-refractivity contribution in [3.05, 3.63) is 29.8 Å². The van der Waals surface area contributed by atoms with Crippen molar-refractivity contribution in [3.63, 3.8) is 0 Å². The number of carboxylic acids is 1. The lowest BCUT2D eigenvalue weighted by atomic mass is 10.1. The van der Waals surface area contributed by atoms with Gasteiger partial charge in [-0.25, -0.2) is 13.2 Å². The standard InChI is InChI=1S/C14H18N2O6S/c1-2-23(20,21)15-11-6-4-3-5-10(11)13(17)16-7-8-22-12(9-16)14(18)19/h3-6,12,15H,2,7-9H2,1H3,(H,18,19). The first-order valence-corrected chi connectivity index (χ1v) is 8.72. The highest BCUT2D eigenvalue weighted by Crippen LogP contribution is 2.20. The number of carboxylic acid groups (broad SMARTS) is 1. The van der Waals surface area contributed by atoms with Crippen LogP contribution in [-0.2, 0) is 19.6 Å². The van der Waals surface area contributed by atoms with Gasteiger partial charge < -0.3 is 14.7 Å². The molecule has 1 aliphatic heterocycles. The van der Waals surface area contributed by atoms with Gasteiger partial charge in [0.25, 0.3) is 5.91 Å². The van der Waals surface area contributed by atoms with E-state index in [-0.39, 0.29) is 36.7 Å². The molecule has 9 heteroatoms. The highest BCUT2D eigenvalue weighted by molar-refractivity contribution is 7.92. The van der Waals surface area contributed by atoms with E-state index in [1.165, 1.54) is 24.0 Å². The monoisotopic (exact) mass is 342 g/mol. The van der Waals surface area contributed by atoms with E-state index < -0.39 is 28.0 Å². The second-order valence-corrected chi connectivity index (χ2v) is 7.01. The van der Waals surface area contributed by atoms with Gasteiger partial charge in [0.15, 0.2) is 6.10 Å². The molecule has 0 aliphatic carbocycles. The number of ether oxygens (including phenoxy) is 1. The van der Waals surface area contributed by atoms with E-state index in [9.17, 15) is 18.0 Å². The van der Waals surface area contributed by atoms with Crippen LogP contribution in [0.25, 0.3) is 0 Å². The number of aliphatic carboxylic acids is 1. The maximum atomic E-state index is 12.6. The summed E-state index contributed by atoms with van der Waals surface area (Å²) in [6.07, 6.45) is -1.08. The van der Waals surface area contributed by atoms with Gasteiger partial charge in [-0.3, -0.25) is 9.52 Å². The van der Waals surface area contributed by atoms with Gasteiger partial charge in [-0.1, -0.05) is 12.1 Å². The molecule has 0 radical (unpaired) electrons. The van der Waals surface area contributed by atoms with Crippen molar-refractivity contribution in [2.24, 2.45) is 0 Å². The molecule has 1 aromatic rings.